The number of hydrogen-bond acceptors (Lipinski definition) is 3. The number of halogens is 3. The van der Waals surface area contributed by atoms with Crippen molar-refractivity contribution in [1.29, 1.82) is 0 Å². The van der Waals surface area contributed by atoms with Crippen LogP contribution in [0.4, 0.5) is 5.69 Å². The minimum absolute atomic E-state index is 0.105. The van der Waals surface area contributed by atoms with E-state index in [0.29, 0.717) is 16.2 Å². The molecule has 1 aromatic carbocycles. The van der Waals surface area contributed by atoms with Crippen molar-refractivity contribution < 1.29 is 4.42 Å². The highest BCUT2D eigenvalue weighted by Crippen LogP contribution is 2.31. The van der Waals surface area contributed by atoms with Crippen LogP contribution in [-0.2, 0) is 0 Å². The first kappa shape index (κ1) is 13.9. The highest BCUT2D eigenvalue weighted by Gasteiger charge is 2.16. The summed E-state index contributed by atoms with van der Waals surface area (Å²) in [4.78, 5) is 0. The number of furan rings is 1. The Kier molecular flexibility index (Phi) is 4.72. The molecule has 0 fully saturated rings. The van der Waals surface area contributed by atoms with Crippen LogP contribution in [0.3, 0.4) is 0 Å². The van der Waals surface area contributed by atoms with E-state index in [-0.39, 0.29) is 6.04 Å². The molecule has 1 aromatic heterocycles. The maximum Gasteiger partial charge on any atom is 0.183 e. The smallest absolute Gasteiger partial charge is 0.183 e. The van der Waals surface area contributed by atoms with Crippen LogP contribution in [0.1, 0.15) is 11.8 Å². The van der Waals surface area contributed by atoms with Crippen LogP contribution in [-0.4, -0.2) is 6.54 Å². The molecular weight excluding hydrogens is 383 g/mol. The molecule has 1 heterocycles. The zero-order valence-corrected chi connectivity index (χ0v) is 13.2. The van der Waals surface area contributed by atoms with E-state index in [0.717, 1.165) is 15.9 Å². The van der Waals surface area contributed by atoms with Gasteiger partial charge in [-0.05, 0) is 56.1 Å². The third-order valence-electron chi connectivity index (χ3n) is 2.41. The van der Waals surface area contributed by atoms with Crippen molar-refractivity contribution in [3.05, 3.63) is 50.3 Å². The van der Waals surface area contributed by atoms with Crippen molar-refractivity contribution in [3.8, 4) is 0 Å². The second-order valence-electron chi connectivity index (χ2n) is 3.71. The Bertz CT molecular complexity index is 525. The maximum absolute atomic E-state index is 5.94. The van der Waals surface area contributed by atoms with Gasteiger partial charge in [-0.15, -0.1) is 0 Å². The summed E-state index contributed by atoms with van der Waals surface area (Å²) in [6, 6.07) is 9.26. The van der Waals surface area contributed by atoms with Crippen LogP contribution in [0.5, 0.6) is 0 Å². The Hall–Kier alpha value is -0.490. The quantitative estimate of drug-likeness (QED) is 0.799. The van der Waals surface area contributed by atoms with Gasteiger partial charge in [0.05, 0.1) is 10.5 Å². The lowest BCUT2D eigenvalue weighted by atomic mass is 10.2. The molecule has 0 radical (unpaired) electrons. The molecule has 0 aliphatic rings. The molecule has 2 rings (SSSR count). The van der Waals surface area contributed by atoms with E-state index in [1.807, 2.05) is 30.3 Å². The SMILES string of the molecule is NCC(Nc1cccc(Cl)c1)c1cc(Br)c(Br)o1. The lowest BCUT2D eigenvalue weighted by Gasteiger charge is -2.15. The fourth-order valence-corrected chi connectivity index (χ4v) is 2.36. The van der Waals surface area contributed by atoms with Gasteiger partial charge in [-0.1, -0.05) is 17.7 Å². The Morgan fingerprint density at radius 3 is 2.67 bits per heavy atom. The lowest BCUT2D eigenvalue weighted by Crippen LogP contribution is -2.20. The van der Waals surface area contributed by atoms with Crippen LogP contribution in [0.15, 0.2) is 43.9 Å². The molecule has 1 unspecified atom stereocenters. The standard InChI is InChI=1S/C12H11Br2ClN2O/c13-9-5-11(18-12(9)14)10(6-16)17-8-3-1-2-7(15)4-8/h1-5,10,17H,6,16H2. The van der Waals surface area contributed by atoms with Gasteiger partial charge in [-0.25, -0.2) is 0 Å². The third kappa shape index (κ3) is 3.29. The summed E-state index contributed by atoms with van der Waals surface area (Å²) in [6.45, 7) is 0.416. The molecule has 0 saturated heterocycles. The van der Waals surface area contributed by atoms with Crippen LogP contribution in [0.2, 0.25) is 5.02 Å². The van der Waals surface area contributed by atoms with Crippen molar-refractivity contribution in [2.75, 3.05) is 11.9 Å². The van der Waals surface area contributed by atoms with Crippen LogP contribution in [0, 0.1) is 0 Å². The van der Waals surface area contributed by atoms with Crippen LogP contribution >= 0.6 is 43.5 Å². The molecule has 3 N–H and O–H groups in total. The summed E-state index contributed by atoms with van der Waals surface area (Å²) in [5.74, 6) is 0.760. The van der Waals surface area contributed by atoms with Crippen molar-refractivity contribution in [2.24, 2.45) is 5.73 Å². The molecule has 96 valence electrons. The summed E-state index contributed by atoms with van der Waals surface area (Å²) in [6.07, 6.45) is 0. The van der Waals surface area contributed by atoms with Gasteiger partial charge in [0, 0.05) is 17.3 Å². The first-order valence-electron chi connectivity index (χ1n) is 5.27. The summed E-state index contributed by atoms with van der Waals surface area (Å²) < 4.78 is 7.09. The molecule has 6 heteroatoms. The second kappa shape index (κ2) is 6.10. The normalized spacial score (nSPS) is 12.4. The van der Waals surface area contributed by atoms with Gasteiger partial charge in [-0.3, -0.25) is 0 Å². The zero-order valence-electron chi connectivity index (χ0n) is 9.29. The van der Waals surface area contributed by atoms with E-state index in [1.54, 1.807) is 0 Å². The van der Waals surface area contributed by atoms with E-state index >= 15 is 0 Å². The van der Waals surface area contributed by atoms with Gasteiger partial charge < -0.3 is 15.5 Å². The lowest BCUT2D eigenvalue weighted by molar-refractivity contribution is 0.462. The highest BCUT2D eigenvalue weighted by molar-refractivity contribution is 9.13. The molecular formula is C12H11Br2ClN2O. The Labute approximate surface area is 127 Å². The highest BCUT2D eigenvalue weighted by atomic mass is 79.9. The number of benzene rings is 1. The van der Waals surface area contributed by atoms with E-state index in [4.69, 9.17) is 21.8 Å². The number of anilines is 1. The average Bonchev–Trinajstić information content (AvgIpc) is 2.66. The molecule has 0 amide bonds. The molecule has 0 aliphatic heterocycles. The first-order valence-corrected chi connectivity index (χ1v) is 7.23. The molecule has 0 saturated carbocycles. The molecule has 3 nitrogen and oxygen atoms in total. The van der Waals surface area contributed by atoms with E-state index in [1.165, 1.54) is 0 Å². The average molecular weight is 394 g/mol. The first-order chi connectivity index (χ1) is 8.60. The van der Waals surface area contributed by atoms with E-state index in [2.05, 4.69) is 37.2 Å². The fraction of sp³-hybridized carbons (Fsp3) is 0.167. The van der Waals surface area contributed by atoms with Gasteiger partial charge in [0.25, 0.3) is 0 Å². The molecule has 18 heavy (non-hydrogen) atoms. The van der Waals surface area contributed by atoms with E-state index in [9.17, 15) is 0 Å². The van der Waals surface area contributed by atoms with Crippen molar-refractivity contribution in [1.82, 2.24) is 0 Å². The topological polar surface area (TPSA) is 51.2 Å². The monoisotopic (exact) mass is 392 g/mol. The van der Waals surface area contributed by atoms with Crippen molar-refractivity contribution >= 4 is 49.1 Å². The van der Waals surface area contributed by atoms with Crippen LogP contribution in [0.25, 0.3) is 0 Å². The minimum atomic E-state index is -0.105. The predicted molar refractivity (Wildman–Crippen MR) is 81.0 cm³/mol. The molecule has 0 bridgehead atoms. The Morgan fingerprint density at radius 1 is 1.33 bits per heavy atom. The van der Waals surface area contributed by atoms with Gasteiger partial charge >= 0.3 is 0 Å². The van der Waals surface area contributed by atoms with Gasteiger partial charge in [0.1, 0.15) is 5.76 Å². The van der Waals surface area contributed by atoms with E-state index < -0.39 is 0 Å². The maximum atomic E-state index is 5.94. The largest absolute Gasteiger partial charge is 0.451 e. The molecule has 0 spiro atoms. The fourth-order valence-electron chi connectivity index (χ4n) is 1.56. The van der Waals surface area contributed by atoms with Crippen LogP contribution < -0.4 is 11.1 Å². The van der Waals surface area contributed by atoms with Crippen molar-refractivity contribution in [3.63, 3.8) is 0 Å². The van der Waals surface area contributed by atoms with Gasteiger partial charge in [0.15, 0.2) is 4.67 Å². The summed E-state index contributed by atoms with van der Waals surface area (Å²) in [7, 11) is 0. The summed E-state index contributed by atoms with van der Waals surface area (Å²) in [5, 5.41) is 3.96. The second-order valence-corrected chi connectivity index (χ2v) is 5.72. The predicted octanol–water partition coefficient (Wildman–Crippen LogP) is 4.57. The van der Waals surface area contributed by atoms with Gasteiger partial charge in [-0.2, -0.15) is 0 Å². The number of nitrogens with two attached hydrogens (primary N) is 1. The Balaban J connectivity index is 2.19. The molecule has 0 aliphatic carbocycles. The minimum Gasteiger partial charge on any atom is -0.451 e. The number of rotatable bonds is 4. The number of hydrogen-bond donors (Lipinski definition) is 2. The van der Waals surface area contributed by atoms with Gasteiger partial charge in [0.2, 0.25) is 0 Å². The molecule has 2 aromatic rings. The summed E-state index contributed by atoms with van der Waals surface area (Å²) in [5.41, 5.74) is 6.67. The number of nitrogens with one attached hydrogen (secondary N) is 1. The zero-order chi connectivity index (χ0) is 13.1. The summed E-state index contributed by atoms with van der Waals surface area (Å²) >= 11 is 12.6. The third-order valence-corrected chi connectivity index (χ3v) is 4.35. The Morgan fingerprint density at radius 2 is 2.11 bits per heavy atom. The molecule has 1 atom stereocenters. The van der Waals surface area contributed by atoms with Crippen molar-refractivity contribution in [2.45, 2.75) is 6.04 Å².